The van der Waals surface area contributed by atoms with Crippen LogP contribution in [0.4, 0.5) is 8.78 Å². The Hall–Kier alpha value is -2.81. The van der Waals surface area contributed by atoms with Crippen LogP contribution in [-0.2, 0) is 6.54 Å². The quantitative estimate of drug-likeness (QED) is 0.422. The summed E-state index contributed by atoms with van der Waals surface area (Å²) >= 11 is 1.56. The van der Waals surface area contributed by atoms with Gasteiger partial charge < -0.3 is 19.7 Å². The summed E-state index contributed by atoms with van der Waals surface area (Å²) in [4.78, 5) is 0. The van der Waals surface area contributed by atoms with Crippen LogP contribution in [0.1, 0.15) is 12.5 Å². The van der Waals surface area contributed by atoms with Gasteiger partial charge in [0.15, 0.2) is 17.2 Å². The number of fused-ring (bicyclic) bond motifs is 1. The number of hydrogen-bond donors (Lipinski definition) is 2. The van der Waals surface area contributed by atoms with Gasteiger partial charge in [0.25, 0.3) is 0 Å². The molecular weight excluding hydrogens is 410 g/mol. The lowest BCUT2D eigenvalue weighted by Gasteiger charge is -2.24. The molecule has 0 fully saturated rings. The van der Waals surface area contributed by atoms with Crippen molar-refractivity contribution in [1.29, 1.82) is 0 Å². The van der Waals surface area contributed by atoms with Gasteiger partial charge in [-0.25, -0.2) is 8.78 Å². The highest BCUT2D eigenvalue weighted by Crippen LogP contribution is 2.33. The highest BCUT2D eigenvalue weighted by Gasteiger charge is 2.21. The first-order valence-electron chi connectivity index (χ1n) is 9.34. The van der Waals surface area contributed by atoms with Gasteiger partial charge >= 0.3 is 0 Å². The Labute approximate surface area is 175 Å². The Bertz CT molecular complexity index is 1160. The van der Waals surface area contributed by atoms with Gasteiger partial charge in [0, 0.05) is 18.7 Å². The van der Waals surface area contributed by atoms with Gasteiger partial charge in [0.1, 0.15) is 28.4 Å². The maximum Gasteiger partial charge on any atom is 0.178 e. The molecule has 2 N–H and O–H groups in total. The standard InChI is InChI=1S/C22H20F2N2O3S/c1-22(27,12-25-11-14-5-6-17(23)18(24)9-14)13-28-16-4-2-3-15(10-16)20-21-19(29-26-20)7-8-30-21/h2-10,25,27H,11-13H2,1H3/t22-/m1/s1. The third kappa shape index (κ3) is 4.67. The van der Waals surface area contributed by atoms with Crippen LogP contribution in [0, 0.1) is 11.6 Å². The molecule has 4 aromatic rings. The second-order valence-corrected chi connectivity index (χ2v) is 8.23. The molecule has 2 heterocycles. The number of aliphatic hydroxyl groups is 1. The summed E-state index contributed by atoms with van der Waals surface area (Å²) in [5.41, 5.74) is 1.79. The lowest BCUT2D eigenvalue weighted by Crippen LogP contribution is -2.42. The molecule has 0 bridgehead atoms. The normalized spacial score (nSPS) is 13.5. The first-order chi connectivity index (χ1) is 14.4. The molecule has 8 heteroatoms. The fraction of sp³-hybridized carbons (Fsp3) is 0.227. The van der Waals surface area contributed by atoms with Crippen LogP contribution in [0.3, 0.4) is 0 Å². The van der Waals surface area contributed by atoms with Crippen molar-refractivity contribution in [2.45, 2.75) is 19.1 Å². The van der Waals surface area contributed by atoms with E-state index in [1.807, 2.05) is 29.6 Å². The van der Waals surface area contributed by atoms with E-state index in [0.717, 1.165) is 33.7 Å². The summed E-state index contributed by atoms with van der Waals surface area (Å²) in [7, 11) is 0. The molecule has 4 rings (SSSR count). The van der Waals surface area contributed by atoms with Gasteiger partial charge in [0.05, 0.1) is 0 Å². The molecule has 0 aliphatic rings. The molecular formula is C22H20F2N2O3S. The largest absolute Gasteiger partial charge is 0.491 e. The average Bonchev–Trinajstić information content (AvgIpc) is 3.33. The van der Waals surface area contributed by atoms with Crippen LogP contribution in [0.15, 0.2) is 58.4 Å². The number of halogens is 2. The number of aromatic nitrogens is 1. The minimum Gasteiger partial charge on any atom is -0.491 e. The Morgan fingerprint density at radius 2 is 2.03 bits per heavy atom. The van der Waals surface area contributed by atoms with Crippen LogP contribution in [-0.4, -0.2) is 29.0 Å². The molecule has 1 atom stereocenters. The number of hydrogen-bond acceptors (Lipinski definition) is 6. The summed E-state index contributed by atoms with van der Waals surface area (Å²) < 4.78 is 38.3. The zero-order valence-corrected chi connectivity index (χ0v) is 17.0. The highest BCUT2D eigenvalue weighted by molar-refractivity contribution is 7.17. The molecule has 0 radical (unpaired) electrons. The Morgan fingerprint density at radius 3 is 2.87 bits per heavy atom. The monoisotopic (exact) mass is 430 g/mol. The molecule has 0 aliphatic heterocycles. The summed E-state index contributed by atoms with van der Waals surface area (Å²) in [5, 5.41) is 19.7. The molecule has 0 spiro atoms. The Morgan fingerprint density at radius 1 is 1.17 bits per heavy atom. The van der Waals surface area contributed by atoms with Crippen LogP contribution >= 0.6 is 11.3 Å². The topological polar surface area (TPSA) is 67.5 Å². The van der Waals surface area contributed by atoms with Gasteiger partial charge in [-0.1, -0.05) is 23.4 Å². The van der Waals surface area contributed by atoms with E-state index in [-0.39, 0.29) is 13.2 Å². The van der Waals surface area contributed by atoms with Gasteiger partial charge in [-0.15, -0.1) is 11.3 Å². The molecule has 156 valence electrons. The minimum atomic E-state index is -1.16. The smallest absolute Gasteiger partial charge is 0.178 e. The van der Waals surface area contributed by atoms with Crippen LogP contribution in [0.2, 0.25) is 0 Å². The molecule has 30 heavy (non-hydrogen) atoms. The predicted molar refractivity (Wildman–Crippen MR) is 112 cm³/mol. The number of benzene rings is 2. The molecule has 5 nitrogen and oxygen atoms in total. The van der Waals surface area contributed by atoms with Crippen molar-refractivity contribution in [3.8, 4) is 17.0 Å². The zero-order valence-electron chi connectivity index (χ0n) is 16.2. The van der Waals surface area contributed by atoms with E-state index in [4.69, 9.17) is 9.26 Å². The molecule has 0 saturated carbocycles. The van der Waals surface area contributed by atoms with E-state index >= 15 is 0 Å². The summed E-state index contributed by atoms with van der Waals surface area (Å²) in [5.74, 6) is -1.18. The summed E-state index contributed by atoms with van der Waals surface area (Å²) in [6.07, 6.45) is 0. The highest BCUT2D eigenvalue weighted by atomic mass is 32.1. The molecule has 2 aromatic carbocycles. The average molecular weight is 430 g/mol. The maximum atomic E-state index is 13.3. The van der Waals surface area contributed by atoms with Crippen molar-refractivity contribution in [2.24, 2.45) is 0 Å². The Kier molecular flexibility index (Phi) is 5.80. The molecule has 0 aliphatic carbocycles. The van der Waals surface area contributed by atoms with Crippen LogP contribution in [0.5, 0.6) is 5.75 Å². The predicted octanol–water partition coefficient (Wildman–Crippen LogP) is 4.75. The molecule has 0 amide bonds. The van der Waals surface area contributed by atoms with Crippen molar-refractivity contribution in [2.75, 3.05) is 13.2 Å². The minimum absolute atomic E-state index is 0.0501. The first-order valence-corrected chi connectivity index (χ1v) is 10.2. The van der Waals surface area contributed by atoms with E-state index in [2.05, 4.69) is 10.5 Å². The third-order valence-electron chi connectivity index (χ3n) is 4.56. The van der Waals surface area contributed by atoms with Crippen molar-refractivity contribution < 1.29 is 23.1 Å². The van der Waals surface area contributed by atoms with Gasteiger partial charge in [-0.3, -0.25) is 0 Å². The number of nitrogens with one attached hydrogen (secondary N) is 1. The van der Waals surface area contributed by atoms with Crippen molar-refractivity contribution in [1.82, 2.24) is 10.5 Å². The van der Waals surface area contributed by atoms with Crippen molar-refractivity contribution >= 4 is 21.6 Å². The van der Waals surface area contributed by atoms with E-state index in [1.54, 1.807) is 24.3 Å². The molecule has 0 saturated heterocycles. The molecule has 0 unspecified atom stereocenters. The lowest BCUT2D eigenvalue weighted by molar-refractivity contribution is 0.0120. The van der Waals surface area contributed by atoms with E-state index in [0.29, 0.717) is 17.9 Å². The number of nitrogens with zero attached hydrogens (tertiary/aromatic N) is 1. The van der Waals surface area contributed by atoms with Crippen molar-refractivity contribution in [3.05, 3.63) is 71.1 Å². The number of ether oxygens (including phenoxy) is 1. The van der Waals surface area contributed by atoms with E-state index < -0.39 is 17.2 Å². The van der Waals surface area contributed by atoms with Crippen molar-refractivity contribution in [3.63, 3.8) is 0 Å². The second-order valence-electron chi connectivity index (χ2n) is 7.31. The summed E-state index contributed by atoms with van der Waals surface area (Å²) in [6.45, 7) is 2.20. The number of thiophene rings is 1. The van der Waals surface area contributed by atoms with Gasteiger partial charge in [-0.2, -0.15) is 0 Å². The van der Waals surface area contributed by atoms with Crippen LogP contribution in [0.25, 0.3) is 21.5 Å². The van der Waals surface area contributed by atoms with Crippen LogP contribution < -0.4 is 10.1 Å². The van der Waals surface area contributed by atoms with E-state index in [1.165, 1.54) is 6.07 Å². The fourth-order valence-electron chi connectivity index (χ4n) is 3.01. The van der Waals surface area contributed by atoms with Gasteiger partial charge in [-0.05, 0) is 48.2 Å². The SMILES string of the molecule is C[C@@](O)(CNCc1ccc(F)c(F)c1)COc1cccc(-c2noc3ccsc23)c1. The third-order valence-corrected chi connectivity index (χ3v) is 5.46. The Balaban J connectivity index is 1.34. The maximum absolute atomic E-state index is 13.3. The fourth-order valence-corrected chi connectivity index (χ4v) is 3.83. The first kappa shape index (κ1) is 20.5. The summed E-state index contributed by atoms with van der Waals surface area (Å²) in [6, 6.07) is 13.0. The lowest BCUT2D eigenvalue weighted by atomic mass is 10.1. The second kappa shape index (κ2) is 8.51. The zero-order chi connectivity index (χ0) is 21.1. The molecule has 2 aromatic heterocycles. The number of rotatable bonds is 8. The van der Waals surface area contributed by atoms with E-state index in [9.17, 15) is 13.9 Å². The van der Waals surface area contributed by atoms with Gasteiger partial charge in [0.2, 0.25) is 0 Å².